The molecule has 0 radical (unpaired) electrons. The Kier molecular flexibility index (Phi) is 5.10. The second-order valence-electron chi connectivity index (χ2n) is 4.25. The molecule has 0 atom stereocenters. The van der Waals surface area contributed by atoms with E-state index in [0.717, 1.165) is 16.6 Å². The first-order chi connectivity index (χ1) is 9.77. The van der Waals surface area contributed by atoms with Crippen molar-refractivity contribution in [3.63, 3.8) is 0 Å². The van der Waals surface area contributed by atoms with Crippen LogP contribution in [0.5, 0.6) is 0 Å². The molecule has 20 heavy (non-hydrogen) atoms. The molecular weight excluding hydrogens is 276 g/mol. The average molecular weight is 291 g/mol. The van der Waals surface area contributed by atoms with Crippen LogP contribution in [0.1, 0.15) is 6.42 Å². The average Bonchev–Trinajstić information content (AvgIpc) is 2.49. The molecule has 0 aliphatic carbocycles. The van der Waals surface area contributed by atoms with Gasteiger partial charge >= 0.3 is 0 Å². The first-order valence-corrected chi connectivity index (χ1v) is 6.67. The SMILES string of the molecule is COCCN(CCC#N)c1nnc(Cl)c2ccccc12. The Morgan fingerprint density at radius 3 is 2.70 bits per heavy atom. The number of aromatic nitrogens is 2. The van der Waals surface area contributed by atoms with E-state index in [1.165, 1.54) is 0 Å². The highest BCUT2D eigenvalue weighted by Gasteiger charge is 2.14. The van der Waals surface area contributed by atoms with Crippen molar-refractivity contribution in [1.29, 1.82) is 5.26 Å². The normalized spacial score (nSPS) is 10.4. The number of halogens is 1. The predicted octanol–water partition coefficient (Wildman–Crippen LogP) is 2.65. The lowest BCUT2D eigenvalue weighted by molar-refractivity contribution is 0.205. The molecular formula is C14H15ClN4O. The summed E-state index contributed by atoms with van der Waals surface area (Å²) in [6, 6.07) is 9.86. The van der Waals surface area contributed by atoms with E-state index in [4.69, 9.17) is 21.6 Å². The summed E-state index contributed by atoms with van der Waals surface area (Å²) in [4.78, 5) is 2.00. The fourth-order valence-corrected chi connectivity index (χ4v) is 2.20. The lowest BCUT2D eigenvalue weighted by atomic mass is 10.2. The van der Waals surface area contributed by atoms with Crippen LogP contribution >= 0.6 is 11.6 Å². The second-order valence-corrected chi connectivity index (χ2v) is 4.61. The van der Waals surface area contributed by atoms with Crippen molar-refractivity contribution in [3.05, 3.63) is 29.4 Å². The van der Waals surface area contributed by atoms with E-state index in [9.17, 15) is 0 Å². The smallest absolute Gasteiger partial charge is 0.159 e. The zero-order valence-corrected chi connectivity index (χ0v) is 12.0. The fourth-order valence-electron chi connectivity index (χ4n) is 2.00. The van der Waals surface area contributed by atoms with Gasteiger partial charge in [-0.3, -0.25) is 0 Å². The number of nitriles is 1. The van der Waals surface area contributed by atoms with Crippen molar-refractivity contribution in [2.75, 3.05) is 31.7 Å². The van der Waals surface area contributed by atoms with Crippen LogP contribution in [0, 0.1) is 11.3 Å². The number of nitrogens with zero attached hydrogens (tertiary/aromatic N) is 4. The summed E-state index contributed by atoms with van der Waals surface area (Å²) in [7, 11) is 1.65. The summed E-state index contributed by atoms with van der Waals surface area (Å²) in [6.45, 7) is 1.79. The number of hydrogen-bond acceptors (Lipinski definition) is 5. The van der Waals surface area contributed by atoms with Crippen LogP contribution in [0.3, 0.4) is 0 Å². The first kappa shape index (κ1) is 14.5. The van der Waals surface area contributed by atoms with E-state index < -0.39 is 0 Å². The van der Waals surface area contributed by atoms with E-state index in [1.54, 1.807) is 7.11 Å². The molecule has 1 aromatic carbocycles. The summed E-state index contributed by atoms with van der Waals surface area (Å²) in [6.07, 6.45) is 0.419. The molecule has 0 fully saturated rings. The van der Waals surface area contributed by atoms with Gasteiger partial charge in [0.05, 0.1) is 19.1 Å². The molecule has 1 heterocycles. The molecule has 0 spiro atoms. The molecule has 0 N–H and O–H groups in total. The van der Waals surface area contributed by atoms with Crippen molar-refractivity contribution in [1.82, 2.24) is 10.2 Å². The Balaban J connectivity index is 2.42. The molecule has 0 unspecified atom stereocenters. The number of benzene rings is 1. The molecule has 1 aromatic heterocycles. The van der Waals surface area contributed by atoms with Gasteiger partial charge in [0.15, 0.2) is 11.0 Å². The lowest BCUT2D eigenvalue weighted by Crippen LogP contribution is -2.29. The topological polar surface area (TPSA) is 62.0 Å². The number of hydrogen-bond donors (Lipinski definition) is 0. The maximum Gasteiger partial charge on any atom is 0.159 e. The fraction of sp³-hybridized carbons (Fsp3) is 0.357. The molecule has 104 valence electrons. The minimum atomic E-state index is 0.385. The molecule has 0 aliphatic heterocycles. The van der Waals surface area contributed by atoms with Crippen LogP contribution in [0.25, 0.3) is 10.8 Å². The van der Waals surface area contributed by atoms with Gasteiger partial charge in [-0.15, -0.1) is 10.2 Å². The number of rotatable bonds is 6. The van der Waals surface area contributed by atoms with E-state index in [1.807, 2.05) is 29.2 Å². The van der Waals surface area contributed by atoms with Crippen molar-refractivity contribution in [2.45, 2.75) is 6.42 Å². The van der Waals surface area contributed by atoms with Crippen molar-refractivity contribution >= 4 is 28.2 Å². The summed E-state index contributed by atoms with van der Waals surface area (Å²) in [5.41, 5.74) is 0. The highest BCUT2D eigenvalue weighted by Crippen LogP contribution is 2.28. The zero-order chi connectivity index (χ0) is 14.4. The standard InChI is InChI=1S/C14H15ClN4O/c1-20-10-9-19(8-4-7-16)14-12-6-3-2-5-11(12)13(15)17-18-14/h2-3,5-6H,4,8-10H2,1H3. The second kappa shape index (κ2) is 7.04. The predicted molar refractivity (Wildman–Crippen MR) is 78.9 cm³/mol. The van der Waals surface area contributed by atoms with Crippen LogP contribution in [-0.4, -0.2) is 37.0 Å². The molecule has 0 bridgehead atoms. The highest BCUT2D eigenvalue weighted by molar-refractivity contribution is 6.34. The summed E-state index contributed by atoms with van der Waals surface area (Å²) in [5.74, 6) is 0.734. The molecule has 0 saturated carbocycles. The maximum absolute atomic E-state index is 8.78. The lowest BCUT2D eigenvalue weighted by Gasteiger charge is -2.23. The molecule has 0 saturated heterocycles. The third-order valence-electron chi connectivity index (χ3n) is 2.98. The Bertz CT molecular complexity index is 626. The maximum atomic E-state index is 8.78. The van der Waals surface area contributed by atoms with Gasteiger partial charge in [-0.2, -0.15) is 5.26 Å². The Morgan fingerprint density at radius 2 is 2.00 bits per heavy atom. The monoisotopic (exact) mass is 290 g/mol. The number of anilines is 1. The first-order valence-electron chi connectivity index (χ1n) is 6.29. The molecule has 0 amide bonds. The van der Waals surface area contributed by atoms with Gasteiger partial charge in [-0.25, -0.2) is 0 Å². The highest BCUT2D eigenvalue weighted by atomic mass is 35.5. The summed E-state index contributed by atoms with van der Waals surface area (Å²) in [5, 5.41) is 19.1. The Labute approximate surface area is 122 Å². The largest absolute Gasteiger partial charge is 0.383 e. The Hall–Kier alpha value is -1.90. The van der Waals surface area contributed by atoms with Crippen molar-refractivity contribution in [3.8, 4) is 6.07 Å². The van der Waals surface area contributed by atoms with Crippen LogP contribution in [-0.2, 0) is 4.74 Å². The molecule has 2 rings (SSSR count). The molecule has 6 heteroatoms. The van der Waals surface area contributed by atoms with E-state index in [-0.39, 0.29) is 0 Å². The van der Waals surface area contributed by atoms with Gasteiger partial charge in [-0.1, -0.05) is 35.9 Å². The number of fused-ring (bicyclic) bond motifs is 1. The van der Waals surface area contributed by atoms with E-state index in [0.29, 0.717) is 31.3 Å². The molecule has 2 aromatic rings. The third-order valence-corrected chi connectivity index (χ3v) is 3.26. The molecule has 0 aliphatic rings. The van der Waals surface area contributed by atoms with Crippen LogP contribution in [0.2, 0.25) is 5.15 Å². The Morgan fingerprint density at radius 1 is 1.25 bits per heavy atom. The molecule has 5 nitrogen and oxygen atoms in total. The van der Waals surface area contributed by atoms with Crippen molar-refractivity contribution < 1.29 is 4.74 Å². The van der Waals surface area contributed by atoms with Gasteiger partial charge in [0.25, 0.3) is 0 Å². The van der Waals surface area contributed by atoms with Gasteiger partial charge in [0, 0.05) is 31.0 Å². The van der Waals surface area contributed by atoms with Crippen LogP contribution in [0.15, 0.2) is 24.3 Å². The minimum absolute atomic E-state index is 0.385. The van der Waals surface area contributed by atoms with Gasteiger partial charge < -0.3 is 9.64 Å². The van der Waals surface area contributed by atoms with E-state index in [2.05, 4.69) is 16.3 Å². The third kappa shape index (κ3) is 3.16. The minimum Gasteiger partial charge on any atom is -0.383 e. The zero-order valence-electron chi connectivity index (χ0n) is 11.2. The van der Waals surface area contributed by atoms with Crippen LogP contribution < -0.4 is 4.90 Å². The summed E-state index contributed by atoms with van der Waals surface area (Å²) < 4.78 is 5.11. The van der Waals surface area contributed by atoms with E-state index >= 15 is 0 Å². The number of methoxy groups -OCH3 is 1. The summed E-state index contributed by atoms with van der Waals surface area (Å²) >= 11 is 6.07. The van der Waals surface area contributed by atoms with Crippen LogP contribution in [0.4, 0.5) is 5.82 Å². The van der Waals surface area contributed by atoms with Gasteiger partial charge in [0.1, 0.15) is 0 Å². The van der Waals surface area contributed by atoms with Crippen molar-refractivity contribution in [2.24, 2.45) is 0 Å². The van der Waals surface area contributed by atoms with Gasteiger partial charge in [-0.05, 0) is 0 Å². The quantitative estimate of drug-likeness (QED) is 0.818. The number of ether oxygens (including phenoxy) is 1. The van der Waals surface area contributed by atoms with Gasteiger partial charge in [0.2, 0.25) is 0 Å².